The van der Waals surface area contributed by atoms with Crippen molar-refractivity contribution in [1.29, 1.82) is 0 Å². The Hall–Kier alpha value is -0.0700. The van der Waals surface area contributed by atoms with E-state index in [1.807, 2.05) is 6.92 Å². The van der Waals surface area contributed by atoms with Crippen molar-refractivity contribution in [3.63, 3.8) is 0 Å². The van der Waals surface area contributed by atoms with E-state index >= 15 is 0 Å². The van der Waals surface area contributed by atoms with E-state index in [4.69, 9.17) is 3.63 Å². The van der Waals surface area contributed by atoms with Crippen molar-refractivity contribution in [3.8, 4) is 0 Å². The lowest BCUT2D eigenvalue weighted by Crippen LogP contribution is -2.22. The lowest BCUT2D eigenvalue weighted by molar-refractivity contribution is -0.116. The minimum absolute atomic E-state index is 0.0835. The first-order chi connectivity index (χ1) is 10.9. The molecule has 1 aliphatic rings. The van der Waals surface area contributed by atoms with Gasteiger partial charge in [-0.2, -0.15) is 8.42 Å². The van der Waals surface area contributed by atoms with Gasteiger partial charge < -0.3 is 0 Å². The van der Waals surface area contributed by atoms with Crippen LogP contribution in [0.4, 0.5) is 0 Å². The van der Waals surface area contributed by atoms with Gasteiger partial charge in [0, 0.05) is 6.42 Å². The topological polar surface area (TPSA) is 60.4 Å². The van der Waals surface area contributed by atoms with Gasteiger partial charge in [-0.05, 0) is 22.4 Å². The van der Waals surface area contributed by atoms with E-state index in [1.54, 1.807) is 6.26 Å². The number of hydrogen-bond donors (Lipinski definition) is 0. The van der Waals surface area contributed by atoms with E-state index < -0.39 is 21.3 Å². The van der Waals surface area contributed by atoms with Crippen molar-refractivity contribution in [3.05, 3.63) is 0 Å². The molecular formula is C17H33O4S2+. The average Bonchev–Trinajstić information content (AvgIpc) is 2.50. The monoisotopic (exact) mass is 365 g/mol. The van der Waals surface area contributed by atoms with Crippen LogP contribution in [0.25, 0.3) is 0 Å². The van der Waals surface area contributed by atoms with Crippen LogP contribution in [0.15, 0.2) is 0 Å². The van der Waals surface area contributed by atoms with Crippen LogP contribution in [0.1, 0.15) is 77.6 Å². The lowest BCUT2D eigenvalue weighted by atomic mass is 9.86. The molecule has 0 spiro atoms. The molecule has 0 aromatic carbocycles. The summed E-state index contributed by atoms with van der Waals surface area (Å²) in [7, 11) is -3.49. The first-order valence-electron chi connectivity index (χ1n) is 9.00. The Morgan fingerprint density at radius 1 is 1.13 bits per heavy atom. The predicted molar refractivity (Wildman–Crippen MR) is 98.0 cm³/mol. The molecule has 1 fully saturated rings. The summed E-state index contributed by atoms with van der Waals surface area (Å²) in [5, 5.41) is 0. The number of Topliss-reactive ketones (excluding diaryl/α,β-unsaturated/α-hetero) is 1. The summed E-state index contributed by atoms with van der Waals surface area (Å²) >= 11 is -0.820. The fourth-order valence-electron chi connectivity index (χ4n) is 3.10. The second-order valence-corrected chi connectivity index (χ2v) is 10.2. The van der Waals surface area contributed by atoms with Gasteiger partial charge in [-0.3, -0.25) is 4.79 Å². The predicted octanol–water partition coefficient (Wildman–Crippen LogP) is 4.01. The van der Waals surface area contributed by atoms with Gasteiger partial charge in [-0.1, -0.05) is 58.3 Å². The zero-order chi connectivity index (χ0) is 17.1. The Balaban J connectivity index is 2.17. The molecule has 1 rings (SSSR count). The van der Waals surface area contributed by atoms with E-state index in [0.717, 1.165) is 31.6 Å². The molecule has 6 heteroatoms. The summed E-state index contributed by atoms with van der Waals surface area (Å²) < 4.78 is 29.1. The largest absolute Gasteiger partial charge is 0.311 e. The third kappa shape index (κ3) is 10.4. The molecule has 1 saturated carbocycles. The Morgan fingerprint density at radius 3 is 2.48 bits per heavy atom. The molecule has 136 valence electrons. The molecule has 0 bridgehead atoms. The Kier molecular flexibility index (Phi) is 10.5. The third-order valence-corrected chi connectivity index (χ3v) is 7.65. The van der Waals surface area contributed by atoms with Gasteiger partial charge in [0.1, 0.15) is 6.26 Å². The highest BCUT2D eigenvalue weighted by atomic mass is 32.3. The molecule has 0 aromatic heterocycles. The van der Waals surface area contributed by atoms with Crippen LogP contribution in [0, 0.1) is 5.92 Å². The average molecular weight is 366 g/mol. The van der Waals surface area contributed by atoms with Crippen molar-refractivity contribution in [2.24, 2.45) is 5.92 Å². The zero-order valence-electron chi connectivity index (χ0n) is 14.7. The third-order valence-electron chi connectivity index (χ3n) is 4.37. The maximum absolute atomic E-state index is 12.0. The van der Waals surface area contributed by atoms with Gasteiger partial charge in [-0.25, -0.2) is 0 Å². The minimum atomic E-state index is -3.49. The summed E-state index contributed by atoms with van der Waals surface area (Å²) in [4.78, 5) is 11.7. The van der Waals surface area contributed by atoms with Gasteiger partial charge >= 0.3 is 10.1 Å². The molecule has 0 amide bonds. The second-order valence-electron chi connectivity index (χ2n) is 6.69. The lowest BCUT2D eigenvalue weighted by Gasteiger charge is -2.21. The summed E-state index contributed by atoms with van der Waals surface area (Å²) in [5.74, 6) is 1.20. The molecule has 0 radical (unpaired) electrons. The van der Waals surface area contributed by atoms with Crippen molar-refractivity contribution < 1.29 is 16.8 Å². The number of unbranched alkanes of at least 4 members (excludes halogenated alkanes) is 2. The van der Waals surface area contributed by atoms with Crippen LogP contribution in [0.5, 0.6) is 0 Å². The summed E-state index contributed by atoms with van der Waals surface area (Å²) in [6, 6.07) is 0. The molecule has 0 saturated heterocycles. The van der Waals surface area contributed by atoms with Gasteiger partial charge in [0.05, 0.1) is 5.75 Å². The number of hydrogen-bond acceptors (Lipinski definition) is 4. The highest BCUT2D eigenvalue weighted by molar-refractivity contribution is 8.02. The van der Waals surface area contributed by atoms with Crippen LogP contribution >= 0.6 is 0 Å². The highest BCUT2D eigenvalue weighted by Gasteiger charge is 2.27. The normalized spacial score (nSPS) is 18.0. The molecule has 23 heavy (non-hydrogen) atoms. The molecule has 4 nitrogen and oxygen atoms in total. The molecule has 0 N–H and O–H groups in total. The number of rotatable bonds is 12. The van der Waals surface area contributed by atoms with Crippen LogP contribution in [-0.2, 0) is 29.7 Å². The second kappa shape index (κ2) is 11.5. The van der Waals surface area contributed by atoms with Crippen LogP contribution in [-0.4, -0.2) is 32.0 Å². The fourth-order valence-corrected chi connectivity index (χ4v) is 6.13. The Bertz CT molecular complexity index is 428. The van der Waals surface area contributed by atoms with Gasteiger partial charge in [0.2, 0.25) is 0 Å². The first kappa shape index (κ1) is 21.0. The number of ketones is 1. The Morgan fingerprint density at radius 2 is 1.83 bits per heavy atom. The van der Waals surface area contributed by atoms with Crippen LogP contribution in [0.2, 0.25) is 0 Å². The highest BCUT2D eigenvalue weighted by Crippen LogP contribution is 2.27. The molecule has 0 heterocycles. The van der Waals surface area contributed by atoms with Crippen LogP contribution < -0.4 is 0 Å². The van der Waals surface area contributed by atoms with Crippen molar-refractivity contribution in [2.45, 2.75) is 77.6 Å². The SMILES string of the molecule is CCCCC(=O)C[S+](C)OS(=O)(=O)CCCCC1CCCCC1. The van der Waals surface area contributed by atoms with Gasteiger partial charge in [-0.15, -0.1) is 0 Å². The van der Waals surface area contributed by atoms with Gasteiger partial charge in [0.25, 0.3) is 0 Å². The summed E-state index contributed by atoms with van der Waals surface area (Å²) in [6.45, 7) is 2.03. The van der Waals surface area contributed by atoms with E-state index in [-0.39, 0.29) is 17.3 Å². The van der Waals surface area contributed by atoms with E-state index in [0.29, 0.717) is 12.8 Å². The standard InChI is InChI=1S/C17H33O4S2/c1-3-4-13-17(18)15-22(2)21-23(19,20)14-9-8-12-16-10-6-5-7-11-16/h16H,3-15H2,1-2H3/q+1. The van der Waals surface area contributed by atoms with E-state index in [1.165, 1.54) is 32.1 Å². The first-order valence-corrected chi connectivity index (χ1v) is 12.3. The molecule has 0 aliphatic heterocycles. The smallest absolute Gasteiger partial charge is 0.294 e. The quantitative estimate of drug-likeness (QED) is 0.387. The van der Waals surface area contributed by atoms with Crippen molar-refractivity contribution in [1.82, 2.24) is 0 Å². The maximum atomic E-state index is 12.0. The van der Waals surface area contributed by atoms with E-state index in [9.17, 15) is 13.2 Å². The van der Waals surface area contributed by atoms with Gasteiger partial charge in [0.15, 0.2) is 22.7 Å². The fraction of sp³-hybridized carbons (Fsp3) is 0.941. The molecule has 0 aromatic rings. The molecule has 1 unspecified atom stereocenters. The molecule has 1 atom stereocenters. The maximum Gasteiger partial charge on any atom is 0.311 e. The number of carbonyl (C=O) groups excluding carboxylic acids is 1. The zero-order valence-corrected chi connectivity index (χ0v) is 16.4. The summed E-state index contributed by atoms with van der Waals surface area (Å²) in [6.07, 6.45) is 13.5. The minimum Gasteiger partial charge on any atom is -0.294 e. The Labute approximate surface area is 145 Å². The summed E-state index contributed by atoms with van der Waals surface area (Å²) in [5.41, 5.74) is 0. The molecular weight excluding hydrogens is 332 g/mol. The van der Waals surface area contributed by atoms with Crippen LogP contribution in [0.3, 0.4) is 0 Å². The molecule has 1 aliphatic carbocycles. The van der Waals surface area contributed by atoms with Crippen molar-refractivity contribution in [2.75, 3.05) is 17.8 Å². The van der Waals surface area contributed by atoms with E-state index in [2.05, 4.69) is 0 Å². The van der Waals surface area contributed by atoms with Crippen molar-refractivity contribution >= 4 is 27.1 Å². The number of carbonyl (C=O) groups is 1.